The number of rotatable bonds is 5. The van der Waals surface area contributed by atoms with Crippen LogP contribution < -0.4 is 10.6 Å². The molecule has 23 heavy (non-hydrogen) atoms. The lowest BCUT2D eigenvalue weighted by atomic mass is 10.0. The molecule has 1 saturated carbocycles. The molecule has 2 atom stereocenters. The molecule has 0 saturated heterocycles. The zero-order chi connectivity index (χ0) is 16.1. The Bertz CT molecular complexity index is 674. The van der Waals surface area contributed by atoms with Gasteiger partial charge in [-0.25, -0.2) is 4.79 Å². The molecule has 1 aliphatic carbocycles. The van der Waals surface area contributed by atoms with Crippen molar-refractivity contribution >= 4 is 16.9 Å². The minimum absolute atomic E-state index is 0.133. The molecule has 0 unspecified atom stereocenters. The van der Waals surface area contributed by atoms with E-state index in [0.717, 1.165) is 42.1 Å². The van der Waals surface area contributed by atoms with Gasteiger partial charge in [0.2, 0.25) is 0 Å². The van der Waals surface area contributed by atoms with Crippen LogP contribution in [0.15, 0.2) is 36.5 Å². The third-order valence-electron chi connectivity index (χ3n) is 4.60. The Balaban J connectivity index is 1.53. The minimum Gasteiger partial charge on any atom is -0.396 e. The van der Waals surface area contributed by atoms with E-state index in [1.165, 1.54) is 0 Å². The standard InChI is InChI=1S/C18H23N3O2/c22-10-8-14-3-1-5-17(14)21-18(23)20-12-13-6-7-16-15(11-13)4-2-9-19-16/h2,4,6-7,9,11,14,17,22H,1,3,5,8,10,12H2,(H2,20,21,23)/t14-,17-/m0/s1. The van der Waals surface area contributed by atoms with Crippen molar-refractivity contribution in [1.29, 1.82) is 0 Å². The lowest BCUT2D eigenvalue weighted by Gasteiger charge is -2.20. The van der Waals surface area contributed by atoms with E-state index >= 15 is 0 Å². The first kappa shape index (κ1) is 15.7. The number of nitrogens with one attached hydrogen (secondary N) is 2. The average Bonchev–Trinajstić information content (AvgIpc) is 3.00. The van der Waals surface area contributed by atoms with Crippen LogP contribution in [0.4, 0.5) is 4.79 Å². The smallest absolute Gasteiger partial charge is 0.315 e. The molecule has 5 heteroatoms. The first-order valence-corrected chi connectivity index (χ1v) is 8.25. The predicted octanol–water partition coefficient (Wildman–Crippen LogP) is 2.59. The third kappa shape index (κ3) is 3.99. The number of pyridine rings is 1. The SMILES string of the molecule is O=C(NCc1ccc2ncccc2c1)N[C@H]1CCC[C@H]1CCO. The number of nitrogens with zero attached hydrogens (tertiary/aromatic N) is 1. The highest BCUT2D eigenvalue weighted by molar-refractivity contribution is 5.79. The molecule has 0 aliphatic heterocycles. The number of urea groups is 1. The van der Waals surface area contributed by atoms with Crippen LogP contribution in [0.1, 0.15) is 31.2 Å². The fraction of sp³-hybridized carbons (Fsp3) is 0.444. The van der Waals surface area contributed by atoms with Crippen LogP contribution in [-0.2, 0) is 6.54 Å². The van der Waals surface area contributed by atoms with Gasteiger partial charge in [0.25, 0.3) is 0 Å². The highest BCUT2D eigenvalue weighted by atomic mass is 16.3. The highest BCUT2D eigenvalue weighted by Crippen LogP contribution is 2.28. The summed E-state index contributed by atoms with van der Waals surface area (Å²) in [6.45, 7) is 0.684. The van der Waals surface area contributed by atoms with Gasteiger partial charge in [0, 0.05) is 30.8 Å². The molecule has 1 fully saturated rings. The molecule has 0 radical (unpaired) electrons. The van der Waals surface area contributed by atoms with Gasteiger partial charge in [0.05, 0.1) is 5.52 Å². The summed E-state index contributed by atoms with van der Waals surface area (Å²) in [5.41, 5.74) is 2.01. The van der Waals surface area contributed by atoms with Gasteiger partial charge in [-0.2, -0.15) is 0 Å². The molecule has 0 spiro atoms. The van der Waals surface area contributed by atoms with Gasteiger partial charge in [-0.1, -0.05) is 18.6 Å². The van der Waals surface area contributed by atoms with Crippen molar-refractivity contribution in [2.45, 2.75) is 38.3 Å². The summed E-state index contributed by atoms with van der Waals surface area (Å²) in [4.78, 5) is 16.4. The zero-order valence-corrected chi connectivity index (χ0v) is 13.2. The van der Waals surface area contributed by atoms with Crippen molar-refractivity contribution < 1.29 is 9.90 Å². The van der Waals surface area contributed by atoms with Crippen molar-refractivity contribution in [2.75, 3.05) is 6.61 Å². The van der Waals surface area contributed by atoms with E-state index in [0.29, 0.717) is 12.5 Å². The van der Waals surface area contributed by atoms with E-state index in [1.807, 2.05) is 30.3 Å². The first-order valence-electron chi connectivity index (χ1n) is 8.25. The third-order valence-corrected chi connectivity index (χ3v) is 4.60. The van der Waals surface area contributed by atoms with E-state index in [2.05, 4.69) is 15.6 Å². The van der Waals surface area contributed by atoms with E-state index < -0.39 is 0 Å². The number of aromatic nitrogens is 1. The second kappa shape index (κ2) is 7.42. The van der Waals surface area contributed by atoms with Gasteiger partial charge in [-0.05, 0) is 48.9 Å². The summed E-state index contributed by atoms with van der Waals surface area (Å²) in [5.74, 6) is 0.400. The molecule has 2 amide bonds. The maximum absolute atomic E-state index is 12.1. The Morgan fingerprint density at radius 1 is 1.30 bits per heavy atom. The molecule has 0 bridgehead atoms. The first-order chi connectivity index (χ1) is 11.3. The minimum atomic E-state index is -0.133. The van der Waals surface area contributed by atoms with Crippen molar-refractivity contribution in [2.24, 2.45) is 5.92 Å². The molecule has 1 heterocycles. The molecule has 5 nitrogen and oxygen atoms in total. The molecule has 1 aliphatic rings. The zero-order valence-electron chi connectivity index (χ0n) is 13.2. The molecule has 122 valence electrons. The summed E-state index contributed by atoms with van der Waals surface area (Å²) in [7, 11) is 0. The molecule has 1 aromatic carbocycles. The fourth-order valence-corrected chi connectivity index (χ4v) is 3.38. The maximum Gasteiger partial charge on any atom is 0.315 e. The predicted molar refractivity (Wildman–Crippen MR) is 89.9 cm³/mol. The van der Waals surface area contributed by atoms with Crippen molar-refractivity contribution in [1.82, 2.24) is 15.6 Å². The van der Waals surface area contributed by atoms with E-state index in [9.17, 15) is 4.79 Å². The Kier molecular flexibility index (Phi) is 5.08. The van der Waals surface area contributed by atoms with Gasteiger partial charge in [-0.15, -0.1) is 0 Å². The maximum atomic E-state index is 12.1. The number of benzene rings is 1. The van der Waals surface area contributed by atoms with Crippen LogP contribution in [0.2, 0.25) is 0 Å². The highest BCUT2D eigenvalue weighted by Gasteiger charge is 2.27. The monoisotopic (exact) mass is 313 g/mol. The van der Waals surface area contributed by atoms with Crippen LogP contribution >= 0.6 is 0 Å². The van der Waals surface area contributed by atoms with Gasteiger partial charge in [0.1, 0.15) is 0 Å². The number of fused-ring (bicyclic) bond motifs is 1. The number of carbonyl (C=O) groups excluding carboxylic acids is 1. The summed E-state index contributed by atoms with van der Waals surface area (Å²) in [5, 5.41) is 16.1. The normalized spacial score (nSPS) is 20.6. The molecule has 2 aromatic rings. The second-order valence-corrected chi connectivity index (χ2v) is 6.17. The van der Waals surface area contributed by atoms with Gasteiger partial charge >= 0.3 is 6.03 Å². The summed E-state index contributed by atoms with van der Waals surface area (Å²) in [6, 6.07) is 9.98. The van der Waals surface area contributed by atoms with Crippen LogP contribution in [-0.4, -0.2) is 28.8 Å². The summed E-state index contributed by atoms with van der Waals surface area (Å²) < 4.78 is 0. The summed E-state index contributed by atoms with van der Waals surface area (Å²) >= 11 is 0. The Morgan fingerprint density at radius 3 is 3.09 bits per heavy atom. The van der Waals surface area contributed by atoms with Crippen molar-refractivity contribution in [3.05, 3.63) is 42.1 Å². The van der Waals surface area contributed by atoms with Gasteiger partial charge in [0.15, 0.2) is 0 Å². The molecule has 3 rings (SSSR count). The largest absolute Gasteiger partial charge is 0.396 e. The Morgan fingerprint density at radius 2 is 2.22 bits per heavy atom. The number of hydrogen-bond acceptors (Lipinski definition) is 3. The average molecular weight is 313 g/mol. The van der Waals surface area contributed by atoms with E-state index in [1.54, 1.807) is 6.20 Å². The Hall–Kier alpha value is -2.14. The fourth-order valence-electron chi connectivity index (χ4n) is 3.38. The van der Waals surface area contributed by atoms with Gasteiger partial charge < -0.3 is 15.7 Å². The molecular formula is C18H23N3O2. The van der Waals surface area contributed by atoms with E-state index in [-0.39, 0.29) is 18.7 Å². The van der Waals surface area contributed by atoms with Crippen LogP contribution in [0.25, 0.3) is 10.9 Å². The number of aliphatic hydroxyl groups excluding tert-OH is 1. The topological polar surface area (TPSA) is 74.2 Å². The quantitative estimate of drug-likeness (QED) is 0.794. The second-order valence-electron chi connectivity index (χ2n) is 6.17. The van der Waals surface area contributed by atoms with Crippen LogP contribution in [0.5, 0.6) is 0 Å². The van der Waals surface area contributed by atoms with Crippen molar-refractivity contribution in [3.63, 3.8) is 0 Å². The van der Waals surface area contributed by atoms with Crippen LogP contribution in [0, 0.1) is 5.92 Å². The Labute approximate surface area is 136 Å². The van der Waals surface area contributed by atoms with E-state index in [4.69, 9.17) is 5.11 Å². The molecule has 1 aromatic heterocycles. The number of aliphatic hydroxyl groups is 1. The lowest BCUT2D eigenvalue weighted by molar-refractivity contribution is 0.221. The number of carbonyl (C=O) groups is 1. The number of hydrogen-bond donors (Lipinski definition) is 3. The summed E-state index contributed by atoms with van der Waals surface area (Å²) in [6.07, 6.45) is 5.75. The van der Waals surface area contributed by atoms with Crippen LogP contribution in [0.3, 0.4) is 0 Å². The lowest BCUT2D eigenvalue weighted by Crippen LogP contribution is -2.43. The van der Waals surface area contributed by atoms with Gasteiger partial charge in [-0.3, -0.25) is 4.98 Å². The molecule has 3 N–H and O–H groups in total. The van der Waals surface area contributed by atoms with Crippen molar-refractivity contribution in [3.8, 4) is 0 Å². The number of amides is 2. The molecular weight excluding hydrogens is 290 g/mol.